The molecule has 3 N–H and O–H groups in total. The summed E-state index contributed by atoms with van der Waals surface area (Å²) in [4.78, 5) is 4.51. The van der Waals surface area contributed by atoms with Crippen LogP contribution in [0.2, 0.25) is 0 Å². The minimum absolute atomic E-state index is 0.853. The molecule has 0 aliphatic carbocycles. The standard InChI is InChI=1S/C24H49N3/c1-3-5-7-9-11-15-19-23(25)20-16-13-14-18-22-27-24(26)21-17-12-10-8-6-4-2/h25H,3-22H2,1-2H3,(H2,26,27). The van der Waals surface area contributed by atoms with Gasteiger partial charge in [0.05, 0.1) is 5.84 Å². The molecule has 0 amide bonds. The van der Waals surface area contributed by atoms with Gasteiger partial charge in [-0.05, 0) is 38.5 Å². The topological polar surface area (TPSA) is 62.2 Å². The summed E-state index contributed by atoms with van der Waals surface area (Å²) in [6, 6.07) is 0. The lowest BCUT2D eigenvalue weighted by molar-refractivity contribution is 0.610. The predicted octanol–water partition coefficient (Wildman–Crippen LogP) is 7.82. The molecule has 0 fully saturated rings. The van der Waals surface area contributed by atoms with Crippen molar-refractivity contribution in [1.82, 2.24) is 0 Å². The molecule has 0 saturated heterocycles. The largest absolute Gasteiger partial charge is 0.387 e. The van der Waals surface area contributed by atoms with Gasteiger partial charge in [-0.1, -0.05) is 90.9 Å². The molecule has 0 aromatic rings. The van der Waals surface area contributed by atoms with Crippen LogP contribution in [-0.2, 0) is 0 Å². The van der Waals surface area contributed by atoms with Crippen LogP contribution in [0.5, 0.6) is 0 Å². The third kappa shape index (κ3) is 21.3. The fraction of sp³-hybridized carbons (Fsp3) is 0.917. The van der Waals surface area contributed by atoms with Gasteiger partial charge in [0.15, 0.2) is 0 Å². The van der Waals surface area contributed by atoms with Gasteiger partial charge in [-0.15, -0.1) is 0 Å². The molecule has 0 aliphatic rings. The zero-order chi connectivity index (χ0) is 20.0. The monoisotopic (exact) mass is 379 g/mol. The first kappa shape index (κ1) is 26.1. The number of aliphatic imine (C=N–C) groups is 1. The van der Waals surface area contributed by atoms with Crippen molar-refractivity contribution >= 4 is 11.5 Å². The summed E-state index contributed by atoms with van der Waals surface area (Å²) in [5.74, 6) is 0.853. The van der Waals surface area contributed by atoms with E-state index < -0.39 is 0 Å². The van der Waals surface area contributed by atoms with Crippen LogP contribution in [0, 0.1) is 5.41 Å². The van der Waals surface area contributed by atoms with Crippen LogP contribution >= 0.6 is 0 Å². The molecule has 0 unspecified atom stereocenters. The fourth-order valence-electron chi connectivity index (χ4n) is 3.44. The van der Waals surface area contributed by atoms with Gasteiger partial charge in [0.25, 0.3) is 0 Å². The minimum Gasteiger partial charge on any atom is -0.387 e. The highest BCUT2D eigenvalue weighted by atomic mass is 14.8. The minimum atomic E-state index is 0.853. The van der Waals surface area contributed by atoms with Gasteiger partial charge < -0.3 is 11.1 Å². The lowest BCUT2D eigenvalue weighted by Crippen LogP contribution is -2.12. The number of amidine groups is 1. The summed E-state index contributed by atoms with van der Waals surface area (Å²) in [6.07, 6.45) is 23.5. The number of nitrogens with zero attached hydrogens (tertiary/aromatic N) is 1. The van der Waals surface area contributed by atoms with Crippen molar-refractivity contribution in [2.45, 2.75) is 136 Å². The van der Waals surface area contributed by atoms with E-state index in [0.717, 1.165) is 43.8 Å². The second-order valence-electron chi connectivity index (χ2n) is 8.18. The Kier molecular flexibility index (Phi) is 20.8. The molecule has 0 aliphatic heterocycles. The summed E-state index contributed by atoms with van der Waals surface area (Å²) in [5.41, 5.74) is 6.97. The van der Waals surface area contributed by atoms with E-state index in [1.54, 1.807) is 0 Å². The van der Waals surface area contributed by atoms with Crippen LogP contribution in [0.4, 0.5) is 0 Å². The Morgan fingerprint density at radius 2 is 1.00 bits per heavy atom. The van der Waals surface area contributed by atoms with Crippen molar-refractivity contribution < 1.29 is 0 Å². The van der Waals surface area contributed by atoms with Gasteiger partial charge in [-0.3, -0.25) is 4.99 Å². The molecule has 27 heavy (non-hydrogen) atoms. The first-order chi connectivity index (χ1) is 13.2. The number of rotatable bonds is 21. The van der Waals surface area contributed by atoms with Gasteiger partial charge >= 0.3 is 0 Å². The maximum absolute atomic E-state index is 8.06. The highest BCUT2D eigenvalue weighted by Crippen LogP contribution is 2.11. The summed E-state index contributed by atoms with van der Waals surface area (Å²) >= 11 is 0. The molecule has 0 bridgehead atoms. The van der Waals surface area contributed by atoms with E-state index in [2.05, 4.69) is 18.8 Å². The second-order valence-corrected chi connectivity index (χ2v) is 8.18. The molecule has 0 spiro atoms. The van der Waals surface area contributed by atoms with Crippen LogP contribution in [0.25, 0.3) is 0 Å². The van der Waals surface area contributed by atoms with Gasteiger partial charge in [0, 0.05) is 18.7 Å². The number of hydrogen-bond donors (Lipinski definition) is 2. The zero-order valence-corrected chi connectivity index (χ0v) is 18.7. The summed E-state index contributed by atoms with van der Waals surface area (Å²) in [5, 5.41) is 8.06. The highest BCUT2D eigenvalue weighted by molar-refractivity contribution is 5.81. The molecule has 0 heterocycles. The molecule has 0 aromatic heterocycles. The van der Waals surface area contributed by atoms with Crippen LogP contribution in [0.1, 0.15) is 136 Å². The third-order valence-electron chi connectivity index (χ3n) is 5.32. The van der Waals surface area contributed by atoms with Crippen molar-refractivity contribution in [3.8, 4) is 0 Å². The second kappa shape index (κ2) is 21.4. The molecule has 0 atom stereocenters. The van der Waals surface area contributed by atoms with Crippen LogP contribution in [0.3, 0.4) is 0 Å². The average Bonchev–Trinajstić information content (AvgIpc) is 2.66. The summed E-state index contributed by atoms with van der Waals surface area (Å²) in [6.45, 7) is 5.40. The molecule has 3 nitrogen and oxygen atoms in total. The fourth-order valence-corrected chi connectivity index (χ4v) is 3.44. The summed E-state index contributed by atoms with van der Waals surface area (Å²) < 4.78 is 0. The van der Waals surface area contributed by atoms with E-state index in [0.29, 0.717) is 0 Å². The van der Waals surface area contributed by atoms with Crippen molar-refractivity contribution in [2.24, 2.45) is 10.7 Å². The van der Waals surface area contributed by atoms with E-state index in [-0.39, 0.29) is 0 Å². The third-order valence-corrected chi connectivity index (χ3v) is 5.32. The van der Waals surface area contributed by atoms with Gasteiger partial charge in [0.1, 0.15) is 0 Å². The number of nitrogens with one attached hydrogen (secondary N) is 1. The van der Waals surface area contributed by atoms with E-state index >= 15 is 0 Å². The lowest BCUT2D eigenvalue weighted by atomic mass is 10.0. The Balaban J connectivity index is 3.36. The number of unbranched alkanes of at least 4 members (excludes halogenated alkanes) is 13. The van der Waals surface area contributed by atoms with Crippen molar-refractivity contribution in [2.75, 3.05) is 6.54 Å². The molecule has 0 radical (unpaired) electrons. The number of hydrogen-bond acceptors (Lipinski definition) is 2. The highest BCUT2D eigenvalue weighted by Gasteiger charge is 1.99. The Morgan fingerprint density at radius 1 is 0.593 bits per heavy atom. The lowest BCUT2D eigenvalue weighted by Gasteiger charge is -2.05. The van der Waals surface area contributed by atoms with Gasteiger partial charge in [-0.2, -0.15) is 0 Å². The average molecular weight is 380 g/mol. The van der Waals surface area contributed by atoms with Crippen LogP contribution < -0.4 is 5.73 Å². The number of nitrogens with two attached hydrogens (primary N) is 1. The first-order valence-corrected chi connectivity index (χ1v) is 12.1. The van der Waals surface area contributed by atoms with Gasteiger partial charge in [0.2, 0.25) is 0 Å². The Labute approximate surface area is 170 Å². The normalized spacial score (nSPS) is 11.9. The molecular weight excluding hydrogens is 330 g/mol. The van der Waals surface area contributed by atoms with E-state index in [9.17, 15) is 0 Å². The predicted molar refractivity (Wildman–Crippen MR) is 123 cm³/mol. The van der Waals surface area contributed by atoms with Crippen molar-refractivity contribution in [1.29, 1.82) is 5.41 Å². The maximum Gasteiger partial charge on any atom is 0.0937 e. The van der Waals surface area contributed by atoms with E-state index in [1.807, 2.05) is 0 Å². The Bertz CT molecular complexity index is 350. The summed E-state index contributed by atoms with van der Waals surface area (Å²) in [7, 11) is 0. The molecule has 0 rings (SSSR count). The maximum atomic E-state index is 8.06. The van der Waals surface area contributed by atoms with E-state index in [4.69, 9.17) is 11.1 Å². The molecule has 0 aromatic carbocycles. The van der Waals surface area contributed by atoms with Crippen LogP contribution in [-0.4, -0.2) is 18.1 Å². The quantitative estimate of drug-likeness (QED) is 0.119. The van der Waals surface area contributed by atoms with Crippen LogP contribution in [0.15, 0.2) is 4.99 Å². The Morgan fingerprint density at radius 3 is 1.52 bits per heavy atom. The van der Waals surface area contributed by atoms with E-state index in [1.165, 1.54) is 96.3 Å². The zero-order valence-electron chi connectivity index (χ0n) is 18.7. The SMILES string of the molecule is CCCCCCCCC(=N)CCCCCCN=C(N)CCCCCCCC. The van der Waals surface area contributed by atoms with Crippen molar-refractivity contribution in [3.05, 3.63) is 0 Å². The molecule has 160 valence electrons. The first-order valence-electron chi connectivity index (χ1n) is 12.1. The van der Waals surface area contributed by atoms with Crippen molar-refractivity contribution in [3.63, 3.8) is 0 Å². The molecular formula is C24H49N3. The Hall–Kier alpha value is -0.860. The molecule has 0 saturated carbocycles. The van der Waals surface area contributed by atoms with Gasteiger partial charge in [-0.25, -0.2) is 0 Å². The smallest absolute Gasteiger partial charge is 0.0937 e. The molecule has 3 heteroatoms.